The largest absolute Gasteiger partial charge is 0.449 e. The number of urea groups is 1. The van der Waals surface area contributed by atoms with Gasteiger partial charge in [0, 0.05) is 12.1 Å². The Labute approximate surface area is 201 Å². The number of hydrogen-bond acceptors (Lipinski definition) is 6. The minimum Gasteiger partial charge on any atom is -0.449 e. The molecule has 10 heteroatoms. The first-order valence-corrected chi connectivity index (χ1v) is 11.8. The van der Waals surface area contributed by atoms with E-state index in [0.29, 0.717) is 32.6 Å². The van der Waals surface area contributed by atoms with Crippen LogP contribution in [0.2, 0.25) is 0 Å². The monoisotopic (exact) mass is 476 g/mol. The third-order valence-electron chi connectivity index (χ3n) is 5.89. The molecular weight excluding hydrogens is 440 g/mol. The molecule has 0 saturated carbocycles. The van der Waals surface area contributed by atoms with E-state index in [0.717, 1.165) is 12.0 Å². The average Bonchev–Trinajstić information content (AvgIpc) is 3.05. The SMILES string of the molecule is CCCOC(=O)N(CCONC(=O)[C@@H]1CC[C@@H]2CN1C(=O)N2OCc1ccccc1)C(C)(C)C. The van der Waals surface area contributed by atoms with Gasteiger partial charge in [0.25, 0.3) is 5.91 Å². The van der Waals surface area contributed by atoms with Gasteiger partial charge in [0.1, 0.15) is 12.6 Å². The van der Waals surface area contributed by atoms with Crippen LogP contribution in [0, 0.1) is 0 Å². The summed E-state index contributed by atoms with van der Waals surface area (Å²) in [5.74, 6) is -0.382. The lowest BCUT2D eigenvalue weighted by molar-refractivity contribution is -0.141. The van der Waals surface area contributed by atoms with Gasteiger partial charge in [-0.25, -0.2) is 15.1 Å². The second kappa shape index (κ2) is 11.5. The summed E-state index contributed by atoms with van der Waals surface area (Å²) in [7, 11) is 0. The van der Waals surface area contributed by atoms with Crippen LogP contribution < -0.4 is 5.48 Å². The van der Waals surface area contributed by atoms with Crippen molar-refractivity contribution in [3.05, 3.63) is 35.9 Å². The van der Waals surface area contributed by atoms with Crippen molar-refractivity contribution in [2.75, 3.05) is 26.3 Å². The highest BCUT2D eigenvalue weighted by atomic mass is 16.7. The van der Waals surface area contributed by atoms with Crippen molar-refractivity contribution in [1.29, 1.82) is 0 Å². The number of amides is 4. The van der Waals surface area contributed by atoms with Crippen molar-refractivity contribution in [2.24, 2.45) is 0 Å². The Morgan fingerprint density at radius 3 is 2.56 bits per heavy atom. The molecule has 4 amide bonds. The van der Waals surface area contributed by atoms with E-state index in [9.17, 15) is 14.4 Å². The van der Waals surface area contributed by atoms with E-state index in [-0.39, 0.29) is 31.1 Å². The van der Waals surface area contributed by atoms with Gasteiger partial charge in [0.2, 0.25) is 0 Å². The van der Waals surface area contributed by atoms with E-state index in [1.807, 2.05) is 58.0 Å². The minimum absolute atomic E-state index is 0.0735. The fourth-order valence-electron chi connectivity index (χ4n) is 4.08. The van der Waals surface area contributed by atoms with Gasteiger partial charge in [0.15, 0.2) is 0 Å². The van der Waals surface area contributed by atoms with Gasteiger partial charge >= 0.3 is 12.1 Å². The summed E-state index contributed by atoms with van der Waals surface area (Å²) in [4.78, 5) is 52.2. The molecule has 1 aromatic carbocycles. The van der Waals surface area contributed by atoms with Crippen molar-refractivity contribution in [2.45, 2.75) is 71.2 Å². The number of rotatable bonds is 10. The first kappa shape index (κ1) is 25.8. The number of carbonyl (C=O) groups is 3. The molecule has 0 aromatic heterocycles. The zero-order valence-electron chi connectivity index (χ0n) is 20.5. The number of nitrogens with one attached hydrogen (secondary N) is 1. The quantitative estimate of drug-likeness (QED) is 0.411. The molecule has 2 aliphatic heterocycles. The fraction of sp³-hybridized carbons (Fsp3) is 0.625. The Morgan fingerprint density at radius 2 is 1.88 bits per heavy atom. The molecule has 0 aliphatic carbocycles. The number of benzene rings is 1. The van der Waals surface area contributed by atoms with Crippen LogP contribution in [0.15, 0.2) is 30.3 Å². The maximum absolute atomic E-state index is 12.9. The van der Waals surface area contributed by atoms with Crippen molar-refractivity contribution in [1.82, 2.24) is 20.3 Å². The highest BCUT2D eigenvalue weighted by Crippen LogP contribution is 2.30. The van der Waals surface area contributed by atoms with Crippen molar-refractivity contribution in [3.8, 4) is 0 Å². The molecule has 1 N–H and O–H groups in total. The zero-order valence-corrected chi connectivity index (χ0v) is 20.5. The molecule has 10 nitrogen and oxygen atoms in total. The molecule has 2 atom stereocenters. The Morgan fingerprint density at radius 1 is 1.15 bits per heavy atom. The van der Waals surface area contributed by atoms with Crippen LogP contribution >= 0.6 is 0 Å². The number of hydrogen-bond donors (Lipinski definition) is 1. The van der Waals surface area contributed by atoms with Crippen molar-refractivity contribution >= 4 is 18.0 Å². The second-order valence-electron chi connectivity index (χ2n) is 9.52. The maximum Gasteiger partial charge on any atom is 0.410 e. The molecule has 2 aliphatic rings. The lowest BCUT2D eigenvalue weighted by Gasteiger charge is -2.34. The minimum atomic E-state index is -0.623. The van der Waals surface area contributed by atoms with Gasteiger partial charge in [-0.1, -0.05) is 37.3 Å². The third-order valence-corrected chi connectivity index (χ3v) is 5.89. The molecule has 0 radical (unpaired) electrons. The second-order valence-corrected chi connectivity index (χ2v) is 9.52. The predicted octanol–water partition coefficient (Wildman–Crippen LogP) is 3.08. The highest BCUT2D eigenvalue weighted by molar-refractivity contribution is 5.88. The van der Waals surface area contributed by atoms with Crippen LogP contribution in [-0.4, -0.2) is 76.8 Å². The number of hydroxylamine groups is 3. The molecule has 2 saturated heterocycles. The topological polar surface area (TPSA) is 101 Å². The lowest BCUT2D eigenvalue weighted by atomic mass is 10.0. The highest BCUT2D eigenvalue weighted by Gasteiger charge is 2.48. The first-order chi connectivity index (χ1) is 16.2. The summed E-state index contributed by atoms with van der Waals surface area (Å²) in [6, 6.07) is 8.63. The summed E-state index contributed by atoms with van der Waals surface area (Å²) < 4.78 is 5.24. The normalized spacial score (nSPS) is 19.8. The van der Waals surface area contributed by atoms with Gasteiger partial charge in [-0.05, 0) is 45.6 Å². The van der Waals surface area contributed by atoms with Gasteiger partial charge in [0.05, 0.1) is 25.8 Å². The van der Waals surface area contributed by atoms with E-state index in [2.05, 4.69) is 5.48 Å². The van der Waals surface area contributed by atoms with E-state index in [4.69, 9.17) is 14.4 Å². The average molecular weight is 477 g/mol. The summed E-state index contributed by atoms with van der Waals surface area (Å²) in [6.07, 6.45) is 1.51. The van der Waals surface area contributed by atoms with Gasteiger partial charge in [-0.2, -0.15) is 5.06 Å². The van der Waals surface area contributed by atoms with Gasteiger partial charge < -0.3 is 14.5 Å². The van der Waals surface area contributed by atoms with Crippen LogP contribution in [0.3, 0.4) is 0 Å². The molecule has 1 aromatic rings. The summed E-state index contributed by atoms with van der Waals surface area (Å²) >= 11 is 0. The number of fused-ring (bicyclic) bond motifs is 2. The zero-order chi connectivity index (χ0) is 24.7. The lowest BCUT2D eigenvalue weighted by Crippen LogP contribution is -2.51. The Kier molecular flexibility index (Phi) is 8.73. The molecule has 2 fully saturated rings. The van der Waals surface area contributed by atoms with Crippen LogP contribution in [0.25, 0.3) is 0 Å². The third kappa shape index (κ3) is 6.38. The number of piperidine rings is 1. The van der Waals surface area contributed by atoms with E-state index in [1.54, 1.807) is 4.90 Å². The smallest absolute Gasteiger partial charge is 0.410 e. The molecular formula is C24H36N4O6. The Hall–Kier alpha value is -2.85. The maximum atomic E-state index is 12.9. The molecule has 0 spiro atoms. The first-order valence-electron chi connectivity index (χ1n) is 11.8. The van der Waals surface area contributed by atoms with Crippen LogP contribution in [0.1, 0.15) is 52.5 Å². The van der Waals surface area contributed by atoms with Crippen LogP contribution in [0.4, 0.5) is 9.59 Å². The van der Waals surface area contributed by atoms with Gasteiger partial charge in [-0.15, -0.1) is 0 Å². The number of ether oxygens (including phenoxy) is 1. The molecule has 2 bridgehead atoms. The number of carbonyl (C=O) groups excluding carboxylic acids is 3. The predicted molar refractivity (Wildman–Crippen MR) is 124 cm³/mol. The van der Waals surface area contributed by atoms with Crippen molar-refractivity contribution < 1.29 is 28.8 Å². The molecule has 3 rings (SSSR count). The molecule has 2 heterocycles. The Bertz CT molecular complexity index is 844. The standard InChI is InChI=1S/C24H36N4O6/c1-5-14-32-23(31)27(24(2,3)4)13-15-33-25-21(29)20-12-11-19-16-26(20)22(30)28(19)34-17-18-9-7-6-8-10-18/h6-10,19-20H,5,11-17H2,1-4H3,(H,25,29)/t19-,20+/m1/s1. The van der Waals surface area contributed by atoms with Crippen LogP contribution in [-0.2, 0) is 25.8 Å². The molecule has 34 heavy (non-hydrogen) atoms. The van der Waals surface area contributed by atoms with E-state index < -0.39 is 17.7 Å². The summed E-state index contributed by atoms with van der Waals surface area (Å²) in [5, 5.41) is 1.39. The summed E-state index contributed by atoms with van der Waals surface area (Å²) in [6.45, 7) is 9.07. The molecule has 0 unspecified atom stereocenters. The van der Waals surface area contributed by atoms with E-state index in [1.165, 1.54) is 9.96 Å². The van der Waals surface area contributed by atoms with E-state index >= 15 is 0 Å². The summed E-state index contributed by atoms with van der Waals surface area (Å²) in [5.41, 5.74) is 2.96. The number of nitrogens with zero attached hydrogens (tertiary/aromatic N) is 3. The Balaban J connectivity index is 1.46. The van der Waals surface area contributed by atoms with Gasteiger partial charge in [-0.3, -0.25) is 14.5 Å². The molecule has 188 valence electrons. The van der Waals surface area contributed by atoms with Crippen molar-refractivity contribution in [3.63, 3.8) is 0 Å². The fourth-order valence-corrected chi connectivity index (χ4v) is 4.08. The van der Waals surface area contributed by atoms with Crippen LogP contribution in [0.5, 0.6) is 0 Å².